The van der Waals surface area contributed by atoms with Gasteiger partial charge >= 0.3 is 6.03 Å². The van der Waals surface area contributed by atoms with E-state index in [9.17, 15) is 4.79 Å². The molecule has 0 saturated carbocycles. The van der Waals surface area contributed by atoms with Gasteiger partial charge in [0.15, 0.2) is 0 Å². The van der Waals surface area contributed by atoms with Crippen molar-refractivity contribution in [2.75, 3.05) is 36.4 Å². The predicted octanol–water partition coefficient (Wildman–Crippen LogP) is 2.39. The molecule has 4 rings (SSSR count). The van der Waals surface area contributed by atoms with Gasteiger partial charge in [0.25, 0.3) is 0 Å². The molecule has 2 aliphatic heterocycles. The van der Waals surface area contributed by atoms with E-state index in [-0.39, 0.29) is 12.1 Å². The van der Waals surface area contributed by atoms with Gasteiger partial charge in [-0.15, -0.1) is 0 Å². The highest BCUT2D eigenvalue weighted by molar-refractivity contribution is 5.89. The number of hydrogen-bond acceptors (Lipinski definition) is 5. The van der Waals surface area contributed by atoms with Crippen LogP contribution in [0.5, 0.6) is 0 Å². The Labute approximate surface area is 153 Å². The van der Waals surface area contributed by atoms with Crippen LogP contribution in [0.3, 0.4) is 0 Å². The molecule has 1 aromatic carbocycles. The van der Waals surface area contributed by atoms with Crippen LogP contribution in [0.25, 0.3) is 0 Å². The van der Waals surface area contributed by atoms with Crippen LogP contribution in [0.2, 0.25) is 0 Å². The molecule has 1 unspecified atom stereocenters. The number of rotatable bonds is 3. The van der Waals surface area contributed by atoms with E-state index in [0.717, 1.165) is 32.6 Å². The highest BCUT2D eigenvalue weighted by atomic mass is 16.2. The SMILES string of the molecule is CCC1c2ccccc2CN1C(=O)Nc1cnc(N2CCNCC2)nc1. The Kier molecular flexibility index (Phi) is 4.71. The van der Waals surface area contributed by atoms with Crippen LogP contribution in [0.4, 0.5) is 16.4 Å². The quantitative estimate of drug-likeness (QED) is 0.887. The molecule has 2 amide bonds. The maximum atomic E-state index is 12.8. The number of carbonyl (C=O) groups is 1. The summed E-state index contributed by atoms with van der Waals surface area (Å²) in [6.45, 7) is 6.43. The van der Waals surface area contributed by atoms with E-state index in [1.807, 2.05) is 17.0 Å². The Balaban J connectivity index is 1.43. The Bertz CT molecular complexity index is 772. The third kappa shape index (κ3) is 3.22. The van der Waals surface area contributed by atoms with Gasteiger partial charge in [-0.25, -0.2) is 14.8 Å². The fourth-order valence-electron chi connectivity index (χ4n) is 3.73. The molecular formula is C19H24N6O. The summed E-state index contributed by atoms with van der Waals surface area (Å²) in [6.07, 6.45) is 4.27. The number of hydrogen-bond donors (Lipinski definition) is 2. The molecule has 1 atom stereocenters. The molecule has 1 saturated heterocycles. The van der Waals surface area contributed by atoms with Crippen molar-refractivity contribution in [3.05, 3.63) is 47.8 Å². The summed E-state index contributed by atoms with van der Waals surface area (Å²) < 4.78 is 0. The molecule has 2 aliphatic rings. The van der Waals surface area contributed by atoms with Gasteiger partial charge in [0, 0.05) is 32.7 Å². The van der Waals surface area contributed by atoms with Gasteiger partial charge in [-0.1, -0.05) is 31.2 Å². The number of nitrogens with one attached hydrogen (secondary N) is 2. The van der Waals surface area contributed by atoms with E-state index >= 15 is 0 Å². The topological polar surface area (TPSA) is 73.4 Å². The Morgan fingerprint density at radius 2 is 1.96 bits per heavy atom. The lowest BCUT2D eigenvalue weighted by Gasteiger charge is -2.27. The van der Waals surface area contributed by atoms with E-state index in [1.165, 1.54) is 11.1 Å². The number of nitrogens with zero attached hydrogens (tertiary/aromatic N) is 4. The first kappa shape index (κ1) is 16.8. The molecule has 0 bridgehead atoms. The zero-order valence-electron chi connectivity index (χ0n) is 15.0. The zero-order valence-corrected chi connectivity index (χ0v) is 15.0. The van der Waals surface area contributed by atoms with Crippen molar-refractivity contribution < 1.29 is 4.79 Å². The molecule has 7 heteroatoms. The fourth-order valence-corrected chi connectivity index (χ4v) is 3.73. The van der Waals surface area contributed by atoms with Crippen LogP contribution in [-0.4, -0.2) is 47.1 Å². The summed E-state index contributed by atoms with van der Waals surface area (Å²) in [4.78, 5) is 25.6. The number of aromatic nitrogens is 2. The average Bonchev–Trinajstić information content (AvgIpc) is 3.08. The Morgan fingerprint density at radius 1 is 1.23 bits per heavy atom. The molecule has 0 aliphatic carbocycles. The van der Waals surface area contributed by atoms with Crippen molar-refractivity contribution in [2.45, 2.75) is 25.9 Å². The van der Waals surface area contributed by atoms with Crippen molar-refractivity contribution in [2.24, 2.45) is 0 Å². The van der Waals surface area contributed by atoms with Gasteiger partial charge in [0.1, 0.15) is 0 Å². The summed E-state index contributed by atoms with van der Waals surface area (Å²) in [5, 5.41) is 6.25. The molecule has 2 N–H and O–H groups in total. The normalized spacial score (nSPS) is 19.3. The first-order chi connectivity index (χ1) is 12.8. The lowest BCUT2D eigenvalue weighted by Crippen LogP contribution is -2.44. The maximum absolute atomic E-state index is 12.8. The third-order valence-corrected chi connectivity index (χ3v) is 5.07. The minimum absolute atomic E-state index is 0.105. The second-order valence-corrected chi connectivity index (χ2v) is 6.69. The van der Waals surface area contributed by atoms with Crippen molar-refractivity contribution in [3.8, 4) is 0 Å². The largest absolute Gasteiger partial charge is 0.338 e. The molecule has 136 valence electrons. The van der Waals surface area contributed by atoms with Crippen LogP contribution < -0.4 is 15.5 Å². The minimum atomic E-state index is -0.105. The van der Waals surface area contributed by atoms with Crippen LogP contribution in [-0.2, 0) is 6.54 Å². The lowest BCUT2D eigenvalue weighted by atomic mass is 10.0. The van der Waals surface area contributed by atoms with Crippen molar-refractivity contribution in [1.29, 1.82) is 0 Å². The van der Waals surface area contributed by atoms with E-state index in [2.05, 4.69) is 44.6 Å². The highest BCUT2D eigenvalue weighted by Crippen LogP contribution is 2.35. The molecule has 7 nitrogen and oxygen atoms in total. The van der Waals surface area contributed by atoms with Gasteiger partial charge in [-0.3, -0.25) is 0 Å². The molecule has 1 aromatic heterocycles. The number of urea groups is 1. The number of carbonyl (C=O) groups excluding carboxylic acids is 1. The van der Waals surface area contributed by atoms with Gasteiger partial charge in [0.05, 0.1) is 24.1 Å². The second-order valence-electron chi connectivity index (χ2n) is 6.69. The predicted molar refractivity (Wildman–Crippen MR) is 101 cm³/mol. The number of piperazine rings is 1. The van der Waals surface area contributed by atoms with Crippen molar-refractivity contribution in [3.63, 3.8) is 0 Å². The molecular weight excluding hydrogens is 328 g/mol. The van der Waals surface area contributed by atoms with Crippen LogP contribution >= 0.6 is 0 Å². The molecule has 3 heterocycles. The van der Waals surface area contributed by atoms with Crippen molar-refractivity contribution in [1.82, 2.24) is 20.2 Å². The molecule has 2 aromatic rings. The highest BCUT2D eigenvalue weighted by Gasteiger charge is 2.32. The minimum Gasteiger partial charge on any atom is -0.338 e. The number of amides is 2. The Hall–Kier alpha value is -2.67. The first-order valence-electron chi connectivity index (χ1n) is 9.19. The van der Waals surface area contributed by atoms with E-state index < -0.39 is 0 Å². The van der Waals surface area contributed by atoms with Gasteiger partial charge < -0.3 is 20.4 Å². The first-order valence-corrected chi connectivity index (χ1v) is 9.19. The van der Waals surface area contributed by atoms with Crippen LogP contribution in [0.15, 0.2) is 36.7 Å². The van der Waals surface area contributed by atoms with E-state index in [0.29, 0.717) is 18.2 Å². The monoisotopic (exact) mass is 352 g/mol. The van der Waals surface area contributed by atoms with Gasteiger partial charge in [0.2, 0.25) is 5.95 Å². The third-order valence-electron chi connectivity index (χ3n) is 5.07. The molecule has 0 radical (unpaired) electrons. The molecule has 26 heavy (non-hydrogen) atoms. The van der Waals surface area contributed by atoms with Crippen LogP contribution in [0.1, 0.15) is 30.5 Å². The van der Waals surface area contributed by atoms with E-state index in [4.69, 9.17) is 0 Å². The van der Waals surface area contributed by atoms with Crippen LogP contribution in [0, 0.1) is 0 Å². The number of benzene rings is 1. The lowest BCUT2D eigenvalue weighted by molar-refractivity contribution is 0.192. The maximum Gasteiger partial charge on any atom is 0.322 e. The summed E-state index contributed by atoms with van der Waals surface area (Å²) in [5.41, 5.74) is 3.09. The standard InChI is InChI=1S/C19H24N6O/c1-2-17-16-6-4-3-5-14(16)13-25(17)19(26)23-15-11-21-18(22-12-15)24-9-7-20-8-10-24/h3-6,11-12,17,20H,2,7-10,13H2,1H3,(H,23,26). The molecule has 1 fully saturated rings. The number of anilines is 2. The fraction of sp³-hybridized carbons (Fsp3) is 0.421. The molecule has 0 spiro atoms. The van der Waals surface area contributed by atoms with E-state index in [1.54, 1.807) is 12.4 Å². The summed E-state index contributed by atoms with van der Waals surface area (Å²) >= 11 is 0. The summed E-state index contributed by atoms with van der Waals surface area (Å²) in [5.74, 6) is 0.713. The zero-order chi connectivity index (χ0) is 17.9. The smallest absolute Gasteiger partial charge is 0.322 e. The summed E-state index contributed by atoms with van der Waals surface area (Å²) in [6, 6.07) is 8.28. The Morgan fingerprint density at radius 3 is 2.69 bits per heavy atom. The van der Waals surface area contributed by atoms with Gasteiger partial charge in [-0.2, -0.15) is 0 Å². The summed E-state index contributed by atoms with van der Waals surface area (Å²) in [7, 11) is 0. The average molecular weight is 352 g/mol. The van der Waals surface area contributed by atoms with Gasteiger partial charge in [-0.05, 0) is 17.5 Å². The van der Waals surface area contributed by atoms with Crippen molar-refractivity contribution >= 4 is 17.7 Å². The second kappa shape index (κ2) is 7.29. The number of fused-ring (bicyclic) bond motifs is 1.